The molecular formula is C21H21F3N4O4. The first-order chi connectivity index (χ1) is 15.2. The number of hydrogen-bond donors (Lipinski definition) is 1. The van der Waals surface area contributed by atoms with E-state index >= 15 is 0 Å². The maximum Gasteiger partial charge on any atom is 0.490 e. The smallest absolute Gasteiger partial charge is 0.475 e. The predicted molar refractivity (Wildman–Crippen MR) is 108 cm³/mol. The standard InChI is InChI=1S/C19H20N4O2.C2HF3O2/c1-25-12-14-9-22(11-17-8-20-13-23(17)10-14)19(24)16-4-5-18-15(7-16)3-2-6-21-18;3-2(4,5)1(6)7/h2-8,13-14H,9-12H2,1H3;(H,6,7). The number of aromatic nitrogens is 3. The summed E-state index contributed by atoms with van der Waals surface area (Å²) in [4.78, 5) is 32.4. The molecule has 32 heavy (non-hydrogen) atoms. The van der Waals surface area contributed by atoms with Gasteiger partial charge in [-0.2, -0.15) is 13.2 Å². The van der Waals surface area contributed by atoms with E-state index in [1.807, 2.05) is 47.8 Å². The van der Waals surface area contributed by atoms with Crippen molar-refractivity contribution in [2.24, 2.45) is 5.92 Å². The van der Waals surface area contributed by atoms with E-state index in [1.54, 1.807) is 13.3 Å². The molecule has 1 aromatic carbocycles. The molecule has 0 saturated heterocycles. The highest BCUT2D eigenvalue weighted by atomic mass is 19.4. The Morgan fingerprint density at radius 2 is 2.00 bits per heavy atom. The number of carbonyl (C=O) groups excluding carboxylic acids is 1. The van der Waals surface area contributed by atoms with Gasteiger partial charge in [-0.15, -0.1) is 0 Å². The lowest BCUT2D eigenvalue weighted by Gasteiger charge is -2.24. The van der Waals surface area contributed by atoms with Gasteiger partial charge in [-0.05, 0) is 24.3 Å². The SMILES string of the molecule is COCC1CN(C(=O)c2ccc3ncccc3c2)Cc2cncn2C1.O=C(O)C(F)(F)F. The molecule has 1 N–H and O–H groups in total. The molecule has 1 unspecified atom stereocenters. The van der Waals surface area contributed by atoms with Crippen LogP contribution in [0.2, 0.25) is 0 Å². The molecule has 0 saturated carbocycles. The Morgan fingerprint density at radius 1 is 1.25 bits per heavy atom. The summed E-state index contributed by atoms with van der Waals surface area (Å²) in [7, 11) is 1.70. The van der Waals surface area contributed by atoms with Gasteiger partial charge in [0.15, 0.2) is 0 Å². The van der Waals surface area contributed by atoms with Crippen molar-refractivity contribution in [1.82, 2.24) is 19.4 Å². The molecule has 0 radical (unpaired) electrons. The van der Waals surface area contributed by atoms with Gasteiger partial charge in [0, 0.05) is 49.5 Å². The van der Waals surface area contributed by atoms with Crippen LogP contribution in [0.5, 0.6) is 0 Å². The second-order valence-corrected chi connectivity index (χ2v) is 7.26. The van der Waals surface area contributed by atoms with Gasteiger partial charge >= 0.3 is 12.1 Å². The van der Waals surface area contributed by atoms with Gasteiger partial charge in [0.05, 0.1) is 30.7 Å². The highest BCUT2D eigenvalue weighted by Crippen LogP contribution is 2.21. The number of halogens is 3. The lowest BCUT2D eigenvalue weighted by molar-refractivity contribution is -0.192. The fourth-order valence-electron chi connectivity index (χ4n) is 3.44. The number of methoxy groups -OCH3 is 1. The van der Waals surface area contributed by atoms with Crippen molar-refractivity contribution in [3.63, 3.8) is 0 Å². The van der Waals surface area contributed by atoms with Gasteiger partial charge < -0.3 is 19.3 Å². The summed E-state index contributed by atoms with van der Waals surface area (Å²) in [6.45, 7) is 2.65. The van der Waals surface area contributed by atoms with Crippen molar-refractivity contribution >= 4 is 22.8 Å². The lowest BCUT2D eigenvalue weighted by atomic mass is 10.1. The molecule has 1 amide bonds. The zero-order valence-corrected chi connectivity index (χ0v) is 17.1. The highest BCUT2D eigenvalue weighted by Gasteiger charge is 2.38. The van der Waals surface area contributed by atoms with E-state index in [0.29, 0.717) is 25.3 Å². The average molecular weight is 450 g/mol. The number of fused-ring (bicyclic) bond motifs is 2. The van der Waals surface area contributed by atoms with Crippen LogP contribution in [0, 0.1) is 5.92 Å². The summed E-state index contributed by atoms with van der Waals surface area (Å²) in [6.07, 6.45) is 0.336. The third-order valence-corrected chi connectivity index (χ3v) is 4.87. The number of alkyl halides is 3. The Kier molecular flexibility index (Phi) is 7.08. The Morgan fingerprint density at radius 3 is 2.69 bits per heavy atom. The van der Waals surface area contributed by atoms with Crippen LogP contribution in [-0.2, 0) is 22.6 Å². The van der Waals surface area contributed by atoms with E-state index in [4.69, 9.17) is 14.6 Å². The van der Waals surface area contributed by atoms with Crippen molar-refractivity contribution in [3.05, 3.63) is 60.3 Å². The number of nitrogens with zero attached hydrogens (tertiary/aromatic N) is 4. The van der Waals surface area contributed by atoms with Gasteiger partial charge in [0.2, 0.25) is 0 Å². The van der Waals surface area contributed by atoms with Gasteiger partial charge in [-0.3, -0.25) is 9.78 Å². The number of ether oxygens (including phenoxy) is 1. The van der Waals surface area contributed by atoms with E-state index < -0.39 is 12.1 Å². The number of hydrogen-bond acceptors (Lipinski definition) is 5. The summed E-state index contributed by atoms with van der Waals surface area (Å²) in [5.74, 6) is -2.49. The van der Waals surface area contributed by atoms with Crippen LogP contribution in [-0.4, -0.2) is 62.9 Å². The number of pyridine rings is 1. The lowest BCUT2D eigenvalue weighted by Crippen LogP contribution is -2.35. The fourth-order valence-corrected chi connectivity index (χ4v) is 3.44. The third kappa shape index (κ3) is 5.61. The number of benzene rings is 1. The number of aliphatic carboxylic acids is 1. The first kappa shape index (κ1) is 23.2. The summed E-state index contributed by atoms with van der Waals surface area (Å²) in [6, 6.07) is 9.53. The second kappa shape index (κ2) is 9.77. The number of amides is 1. The molecule has 4 rings (SSSR count). The molecule has 0 bridgehead atoms. The quantitative estimate of drug-likeness (QED) is 0.659. The van der Waals surface area contributed by atoms with Crippen molar-refractivity contribution in [2.45, 2.75) is 19.3 Å². The molecule has 11 heteroatoms. The first-order valence-corrected chi connectivity index (χ1v) is 9.61. The zero-order valence-electron chi connectivity index (χ0n) is 17.1. The number of carbonyl (C=O) groups is 2. The van der Waals surface area contributed by atoms with Crippen LogP contribution >= 0.6 is 0 Å². The summed E-state index contributed by atoms with van der Waals surface area (Å²) in [5.41, 5.74) is 2.63. The molecule has 1 aliphatic heterocycles. The van der Waals surface area contributed by atoms with E-state index in [-0.39, 0.29) is 11.8 Å². The molecule has 1 aliphatic rings. The van der Waals surface area contributed by atoms with Gasteiger partial charge in [0.25, 0.3) is 5.91 Å². The van der Waals surface area contributed by atoms with E-state index in [9.17, 15) is 18.0 Å². The molecule has 0 spiro atoms. The summed E-state index contributed by atoms with van der Waals surface area (Å²) >= 11 is 0. The van der Waals surface area contributed by atoms with Gasteiger partial charge in [-0.1, -0.05) is 6.07 Å². The topological polar surface area (TPSA) is 97.5 Å². The van der Waals surface area contributed by atoms with Gasteiger partial charge in [0.1, 0.15) is 0 Å². The van der Waals surface area contributed by atoms with Crippen molar-refractivity contribution < 1.29 is 32.6 Å². The Balaban J connectivity index is 0.000000360. The molecule has 0 fully saturated rings. The minimum absolute atomic E-state index is 0.0292. The minimum atomic E-state index is -5.08. The molecule has 8 nitrogen and oxygen atoms in total. The maximum atomic E-state index is 13.1. The maximum absolute atomic E-state index is 13.1. The van der Waals surface area contributed by atoms with Crippen LogP contribution in [0.15, 0.2) is 49.1 Å². The van der Waals surface area contributed by atoms with Crippen LogP contribution in [0.1, 0.15) is 16.1 Å². The first-order valence-electron chi connectivity index (χ1n) is 9.61. The average Bonchev–Trinajstić information content (AvgIpc) is 3.11. The third-order valence-electron chi connectivity index (χ3n) is 4.87. The number of carboxylic acid groups (broad SMARTS) is 1. The molecule has 170 valence electrons. The molecule has 2 aromatic heterocycles. The number of carboxylic acids is 1. The van der Waals surface area contributed by atoms with Crippen LogP contribution in [0.25, 0.3) is 10.9 Å². The van der Waals surface area contributed by atoms with Gasteiger partial charge in [-0.25, -0.2) is 9.78 Å². The van der Waals surface area contributed by atoms with Crippen LogP contribution < -0.4 is 0 Å². The minimum Gasteiger partial charge on any atom is -0.475 e. The van der Waals surface area contributed by atoms with Crippen molar-refractivity contribution in [3.8, 4) is 0 Å². The van der Waals surface area contributed by atoms with E-state index in [2.05, 4.69) is 14.5 Å². The highest BCUT2D eigenvalue weighted by molar-refractivity contribution is 5.97. The number of imidazole rings is 1. The van der Waals surface area contributed by atoms with Crippen LogP contribution in [0.4, 0.5) is 13.2 Å². The van der Waals surface area contributed by atoms with Crippen LogP contribution in [0.3, 0.4) is 0 Å². The van der Waals surface area contributed by atoms with E-state index in [0.717, 1.165) is 23.1 Å². The number of rotatable bonds is 3. The van der Waals surface area contributed by atoms with E-state index in [1.165, 1.54) is 0 Å². The molecule has 3 aromatic rings. The Labute approximate surface area is 181 Å². The summed E-state index contributed by atoms with van der Waals surface area (Å²) < 4.78 is 39.2. The molecule has 0 aliphatic carbocycles. The Hall–Kier alpha value is -3.47. The zero-order chi connectivity index (χ0) is 23.3. The Bertz CT molecular complexity index is 1100. The fraction of sp³-hybridized carbons (Fsp3) is 0.333. The second-order valence-electron chi connectivity index (χ2n) is 7.26. The largest absolute Gasteiger partial charge is 0.490 e. The molecular weight excluding hydrogens is 429 g/mol. The molecule has 1 atom stereocenters. The normalized spacial score (nSPS) is 16.0. The van der Waals surface area contributed by atoms with Crippen molar-refractivity contribution in [2.75, 3.05) is 20.3 Å². The monoisotopic (exact) mass is 450 g/mol. The predicted octanol–water partition coefficient (Wildman–Crippen LogP) is 2.98. The molecule has 3 heterocycles. The summed E-state index contributed by atoms with van der Waals surface area (Å²) in [5, 5.41) is 8.10. The van der Waals surface area contributed by atoms with Crippen molar-refractivity contribution in [1.29, 1.82) is 0 Å².